The third kappa shape index (κ3) is 6.01. The number of halogens is 3. The molecule has 2 fully saturated rings. The standard InChI is InChI=1S/C32H34BrF2N3O4/c1-36(19-21-6-4-3-5-7-21)29-25(34)16-22(17-26(29)35)30(40)37-14-11-32(12-15-37)20-38(13-10-28(32)39)31(41)24-18-23(33)8-9-27(24)42-2/h3-9,16-18,28,39H,10-15,19-20H2,1-2H3. The Bertz CT molecular complexity index is 1440. The first-order valence-electron chi connectivity index (χ1n) is 14.0. The molecule has 2 saturated heterocycles. The molecule has 2 amide bonds. The lowest BCUT2D eigenvalue weighted by Gasteiger charge is -2.50. The third-order valence-electron chi connectivity index (χ3n) is 8.52. The molecule has 10 heteroatoms. The third-order valence-corrected chi connectivity index (χ3v) is 9.01. The molecule has 1 unspecified atom stereocenters. The molecule has 3 aromatic rings. The molecule has 0 aromatic heterocycles. The summed E-state index contributed by atoms with van der Waals surface area (Å²) in [6.07, 6.45) is 0.715. The number of aliphatic hydroxyl groups is 1. The smallest absolute Gasteiger partial charge is 0.257 e. The summed E-state index contributed by atoms with van der Waals surface area (Å²) in [6.45, 7) is 1.67. The van der Waals surface area contributed by atoms with Gasteiger partial charge in [0, 0.05) is 55.2 Å². The van der Waals surface area contributed by atoms with Gasteiger partial charge in [-0.15, -0.1) is 0 Å². The summed E-state index contributed by atoms with van der Waals surface area (Å²) >= 11 is 3.42. The zero-order chi connectivity index (χ0) is 30.0. The van der Waals surface area contributed by atoms with E-state index in [-0.39, 0.29) is 17.2 Å². The van der Waals surface area contributed by atoms with Crippen molar-refractivity contribution in [3.05, 3.63) is 93.5 Å². The van der Waals surface area contributed by atoms with Crippen LogP contribution in [0.25, 0.3) is 0 Å². The fraction of sp³-hybridized carbons (Fsp3) is 0.375. The molecular formula is C32H34BrF2N3O4. The quantitative estimate of drug-likeness (QED) is 0.385. The normalized spacial score (nSPS) is 18.2. The Morgan fingerprint density at radius 3 is 2.31 bits per heavy atom. The largest absolute Gasteiger partial charge is 0.496 e. The minimum atomic E-state index is -0.801. The van der Waals surface area contributed by atoms with Crippen molar-refractivity contribution in [1.82, 2.24) is 9.80 Å². The van der Waals surface area contributed by atoms with Gasteiger partial charge in [-0.2, -0.15) is 0 Å². The molecule has 222 valence electrons. The van der Waals surface area contributed by atoms with Gasteiger partial charge in [0.1, 0.15) is 23.1 Å². The summed E-state index contributed by atoms with van der Waals surface area (Å²) in [4.78, 5) is 31.6. The number of nitrogens with zero attached hydrogens (tertiary/aromatic N) is 3. The second-order valence-electron chi connectivity index (χ2n) is 11.2. The minimum absolute atomic E-state index is 0.0550. The highest BCUT2D eigenvalue weighted by Gasteiger charge is 2.46. The van der Waals surface area contributed by atoms with E-state index in [2.05, 4.69) is 15.9 Å². The summed E-state index contributed by atoms with van der Waals surface area (Å²) in [5, 5.41) is 11.0. The molecule has 2 aliphatic heterocycles. The topological polar surface area (TPSA) is 73.3 Å². The van der Waals surface area contributed by atoms with Crippen LogP contribution in [0.3, 0.4) is 0 Å². The Labute approximate surface area is 252 Å². The second kappa shape index (κ2) is 12.4. The highest BCUT2D eigenvalue weighted by molar-refractivity contribution is 9.10. The van der Waals surface area contributed by atoms with Crippen LogP contribution in [-0.4, -0.2) is 73.2 Å². The first kappa shape index (κ1) is 30.0. The number of likely N-dealkylation sites (tertiary alicyclic amines) is 2. The highest BCUT2D eigenvalue weighted by Crippen LogP contribution is 2.41. The van der Waals surface area contributed by atoms with Crippen molar-refractivity contribution in [2.45, 2.75) is 31.9 Å². The Morgan fingerprint density at radius 1 is 1.00 bits per heavy atom. The molecule has 0 aliphatic carbocycles. The van der Waals surface area contributed by atoms with Crippen molar-refractivity contribution in [2.24, 2.45) is 5.41 Å². The van der Waals surface area contributed by atoms with E-state index in [9.17, 15) is 14.7 Å². The van der Waals surface area contributed by atoms with E-state index in [0.717, 1.165) is 22.2 Å². The van der Waals surface area contributed by atoms with Crippen LogP contribution in [0, 0.1) is 17.0 Å². The van der Waals surface area contributed by atoms with E-state index in [4.69, 9.17) is 4.74 Å². The molecule has 5 rings (SSSR count). The van der Waals surface area contributed by atoms with Crippen LogP contribution in [0.4, 0.5) is 14.5 Å². The molecule has 2 aliphatic rings. The van der Waals surface area contributed by atoms with E-state index < -0.39 is 29.1 Å². The monoisotopic (exact) mass is 641 g/mol. The number of carbonyl (C=O) groups excluding carboxylic acids is 2. The number of hydrogen-bond acceptors (Lipinski definition) is 5. The molecular weight excluding hydrogens is 608 g/mol. The Kier molecular flexibility index (Phi) is 8.84. The van der Waals surface area contributed by atoms with Gasteiger partial charge in [0.05, 0.1) is 18.8 Å². The summed E-state index contributed by atoms with van der Waals surface area (Å²) < 4.78 is 36.4. The predicted octanol–water partition coefficient (Wildman–Crippen LogP) is 5.50. The average Bonchev–Trinajstić information content (AvgIpc) is 2.98. The lowest BCUT2D eigenvalue weighted by Crippen LogP contribution is -2.58. The van der Waals surface area contributed by atoms with Gasteiger partial charge in [-0.25, -0.2) is 8.78 Å². The van der Waals surface area contributed by atoms with Crippen LogP contribution < -0.4 is 9.64 Å². The van der Waals surface area contributed by atoms with Crippen LogP contribution in [0.1, 0.15) is 45.5 Å². The van der Waals surface area contributed by atoms with Crippen molar-refractivity contribution in [1.29, 1.82) is 0 Å². The number of amides is 2. The van der Waals surface area contributed by atoms with Crippen LogP contribution in [0.5, 0.6) is 5.75 Å². The number of hydrogen-bond donors (Lipinski definition) is 1. The minimum Gasteiger partial charge on any atom is -0.496 e. The van der Waals surface area contributed by atoms with E-state index in [1.807, 2.05) is 30.3 Å². The van der Waals surface area contributed by atoms with Crippen molar-refractivity contribution in [3.8, 4) is 5.75 Å². The van der Waals surface area contributed by atoms with Gasteiger partial charge in [-0.3, -0.25) is 9.59 Å². The van der Waals surface area contributed by atoms with E-state index in [1.165, 1.54) is 12.0 Å². The average molecular weight is 643 g/mol. The summed E-state index contributed by atoms with van der Waals surface area (Å²) in [5.41, 5.74) is 0.519. The zero-order valence-electron chi connectivity index (χ0n) is 23.7. The maximum Gasteiger partial charge on any atom is 0.257 e. The van der Waals surface area contributed by atoms with Crippen LogP contribution >= 0.6 is 15.9 Å². The number of rotatable bonds is 6. The van der Waals surface area contributed by atoms with Crippen molar-refractivity contribution >= 4 is 33.4 Å². The first-order chi connectivity index (χ1) is 20.1. The number of ether oxygens (including phenoxy) is 1. The number of benzene rings is 3. The van der Waals surface area contributed by atoms with Crippen LogP contribution in [0.2, 0.25) is 0 Å². The van der Waals surface area contributed by atoms with Crippen LogP contribution in [0.15, 0.2) is 65.1 Å². The molecule has 3 aromatic carbocycles. The van der Waals surface area contributed by atoms with Crippen molar-refractivity contribution in [3.63, 3.8) is 0 Å². The van der Waals surface area contributed by atoms with E-state index in [1.54, 1.807) is 35.0 Å². The molecule has 0 bridgehead atoms. The second-order valence-corrected chi connectivity index (χ2v) is 12.1. The first-order valence-corrected chi connectivity index (χ1v) is 14.8. The summed E-state index contributed by atoms with van der Waals surface area (Å²) in [6, 6.07) is 16.8. The Hall–Kier alpha value is -3.50. The molecule has 1 N–H and O–H groups in total. The van der Waals surface area contributed by atoms with Crippen molar-refractivity contribution < 1.29 is 28.2 Å². The number of methoxy groups -OCH3 is 1. The maximum absolute atomic E-state index is 15.1. The van der Waals surface area contributed by atoms with Crippen LogP contribution in [-0.2, 0) is 6.54 Å². The van der Waals surface area contributed by atoms with E-state index >= 15 is 8.78 Å². The van der Waals surface area contributed by atoms with E-state index in [0.29, 0.717) is 63.3 Å². The number of carbonyl (C=O) groups is 2. The molecule has 1 spiro atoms. The maximum atomic E-state index is 15.1. The molecule has 7 nitrogen and oxygen atoms in total. The lowest BCUT2D eigenvalue weighted by molar-refractivity contribution is -0.0676. The van der Waals surface area contributed by atoms with Gasteiger partial charge < -0.3 is 24.5 Å². The predicted molar refractivity (Wildman–Crippen MR) is 160 cm³/mol. The molecule has 2 heterocycles. The van der Waals surface area contributed by atoms with Crippen molar-refractivity contribution in [2.75, 3.05) is 45.2 Å². The zero-order valence-corrected chi connectivity index (χ0v) is 25.2. The van der Waals surface area contributed by atoms with Gasteiger partial charge in [0.25, 0.3) is 11.8 Å². The lowest BCUT2D eigenvalue weighted by atomic mass is 9.70. The number of aliphatic hydroxyl groups excluding tert-OH is 1. The van der Waals surface area contributed by atoms with Gasteiger partial charge in [0.2, 0.25) is 0 Å². The highest BCUT2D eigenvalue weighted by atomic mass is 79.9. The summed E-state index contributed by atoms with van der Waals surface area (Å²) in [5.74, 6) is -1.77. The van der Waals surface area contributed by atoms with Gasteiger partial charge >= 0.3 is 0 Å². The van der Waals surface area contributed by atoms with Gasteiger partial charge in [-0.05, 0) is 55.2 Å². The van der Waals surface area contributed by atoms with Gasteiger partial charge in [-0.1, -0.05) is 46.3 Å². The fourth-order valence-electron chi connectivity index (χ4n) is 6.16. The molecule has 42 heavy (non-hydrogen) atoms. The van der Waals surface area contributed by atoms with Gasteiger partial charge in [0.15, 0.2) is 0 Å². The Morgan fingerprint density at radius 2 is 1.67 bits per heavy atom. The molecule has 1 atom stereocenters. The molecule has 0 saturated carbocycles. The number of anilines is 1. The SMILES string of the molecule is COc1ccc(Br)cc1C(=O)N1CCC(O)C2(CCN(C(=O)c3cc(F)c(N(C)Cc4ccccc4)c(F)c3)CC2)C1. The Balaban J connectivity index is 1.27. The summed E-state index contributed by atoms with van der Waals surface area (Å²) in [7, 11) is 3.12. The fourth-order valence-corrected chi connectivity index (χ4v) is 6.52. The number of piperidine rings is 2. The molecule has 0 radical (unpaired) electrons.